The van der Waals surface area contributed by atoms with Crippen molar-refractivity contribution >= 4 is 11.8 Å². The van der Waals surface area contributed by atoms with Crippen molar-refractivity contribution in [1.82, 2.24) is 9.97 Å². The molecule has 2 aromatic carbocycles. The summed E-state index contributed by atoms with van der Waals surface area (Å²) in [7, 11) is 1.24. The van der Waals surface area contributed by atoms with E-state index in [1.54, 1.807) is 43.6 Å². The van der Waals surface area contributed by atoms with Crippen LogP contribution in [0.25, 0.3) is 0 Å². The fourth-order valence-electron chi connectivity index (χ4n) is 5.14. The molecule has 0 saturated heterocycles. The molecule has 42 heavy (non-hydrogen) atoms. The van der Waals surface area contributed by atoms with Gasteiger partial charge in [-0.2, -0.15) is 0 Å². The van der Waals surface area contributed by atoms with Gasteiger partial charge in [0.15, 0.2) is 5.78 Å². The number of pyridine rings is 2. The predicted octanol–water partition coefficient (Wildman–Crippen LogP) is 5.00. The van der Waals surface area contributed by atoms with Crippen LogP contribution in [-0.4, -0.2) is 44.1 Å². The van der Waals surface area contributed by atoms with E-state index in [0.717, 1.165) is 5.69 Å². The Morgan fingerprint density at radius 1 is 1.05 bits per heavy atom. The molecule has 0 spiro atoms. The lowest BCUT2D eigenvalue weighted by atomic mass is 9.83. The second-order valence-corrected chi connectivity index (χ2v) is 10.0. The van der Waals surface area contributed by atoms with Gasteiger partial charge in [0.25, 0.3) is 0 Å². The van der Waals surface area contributed by atoms with Gasteiger partial charge >= 0.3 is 5.97 Å². The number of benzene rings is 2. The first kappa shape index (κ1) is 28.6. The van der Waals surface area contributed by atoms with Crippen molar-refractivity contribution in [1.29, 1.82) is 0 Å². The molecular formula is C32H30N2O8. The number of rotatable bonds is 9. The summed E-state index contributed by atoms with van der Waals surface area (Å²) in [5.74, 6) is -2.32. The number of Topliss-reactive ketones (excluding diaryl/α,β-unsaturated/α-hetero) is 1. The van der Waals surface area contributed by atoms with Gasteiger partial charge in [-0.25, -0.2) is 0 Å². The van der Waals surface area contributed by atoms with Gasteiger partial charge in [-0.15, -0.1) is 0 Å². The van der Waals surface area contributed by atoms with Crippen molar-refractivity contribution in [2.45, 2.75) is 45.5 Å². The molecule has 0 radical (unpaired) electrons. The number of aromatic hydroxyl groups is 3. The number of hydrogen-bond donors (Lipinski definition) is 3. The molecule has 3 heterocycles. The number of phenolic OH excluding ortho intramolecular Hbond substituents is 2. The van der Waals surface area contributed by atoms with Crippen LogP contribution in [0.4, 0.5) is 0 Å². The Labute approximate surface area is 242 Å². The summed E-state index contributed by atoms with van der Waals surface area (Å²) >= 11 is 0. The summed E-state index contributed by atoms with van der Waals surface area (Å²) in [5, 5.41) is 33.8. The fourth-order valence-corrected chi connectivity index (χ4v) is 5.14. The zero-order chi connectivity index (χ0) is 30.0. The van der Waals surface area contributed by atoms with E-state index < -0.39 is 29.5 Å². The van der Waals surface area contributed by atoms with Crippen LogP contribution in [0.15, 0.2) is 60.9 Å². The highest BCUT2D eigenvalue weighted by molar-refractivity contribution is 5.98. The largest absolute Gasteiger partial charge is 0.507 e. The Bertz CT molecular complexity index is 1640. The summed E-state index contributed by atoms with van der Waals surface area (Å²) in [6.07, 6.45) is 2.08. The van der Waals surface area contributed by atoms with E-state index in [-0.39, 0.29) is 47.8 Å². The van der Waals surface area contributed by atoms with Crippen molar-refractivity contribution in [3.05, 3.63) is 106 Å². The maximum atomic E-state index is 12.7. The number of methoxy groups -OCH3 is 1. The lowest BCUT2D eigenvalue weighted by Crippen LogP contribution is -2.13. The number of ketones is 1. The van der Waals surface area contributed by atoms with Crippen molar-refractivity contribution in [2.75, 3.05) is 7.11 Å². The Morgan fingerprint density at radius 3 is 2.48 bits per heavy atom. The number of ether oxygens (including phenoxy) is 3. The average molecular weight is 571 g/mol. The second-order valence-electron chi connectivity index (χ2n) is 10.0. The molecule has 4 aromatic rings. The first-order chi connectivity index (χ1) is 20.2. The van der Waals surface area contributed by atoms with Gasteiger partial charge in [-0.3, -0.25) is 19.6 Å². The standard InChI is InChI=1S/C32H30N2O8/c1-17-29(37)27-20(14-34-17)15-42-32(27)25-12-23(18(2)35)30(38)28(31(25)39)24(13-26(36)40-3)19-7-9-22(10-8-19)41-16-21-6-4-5-11-33-21/h4-12,14,24,32,37-39H,13,15-16H2,1-3H3/t24-,32-/m1/s1. The lowest BCUT2D eigenvalue weighted by Gasteiger charge is -2.24. The van der Waals surface area contributed by atoms with Gasteiger partial charge in [-0.05, 0) is 49.7 Å². The molecule has 5 rings (SSSR count). The van der Waals surface area contributed by atoms with E-state index >= 15 is 0 Å². The van der Waals surface area contributed by atoms with Gasteiger partial charge in [0, 0.05) is 40.6 Å². The minimum atomic E-state index is -0.944. The number of hydrogen-bond acceptors (Lipinski definition) is 10. The average Bonchev–Trinajstić information content (AvgIpc) is 3.42. The van der Waals surface area contributed by atoms with Crippen LogP contribution in [0.1, 0.15) is 74.9 Å². The van der Waals surface area contributed by atoms with Gasteiger partial charge in [0.05, 0.1) is 37.1 Å². The molecule has 10 nitrogen and oxygen atoms in total. The molecule has 1 aliphatic rings. The molecule has 1 aliphatic heterocycles. The van der Waals surface area contributed by atoms with Crippen molar-refractivity contribution in [3.8, 4) is 23.0 Å². The molecule has 3 N–H and O–H groups in total. The molecule has 10 heteroatoms. The van der Waals surface area contributed by atoms with Gasteiger partial charge in [0.2, 0.25) is 0 Å². The van der Waals surface area contributed by atoms with Crippen molar-refractivity contribution < 1.29 is 39.1 Å². The molecule has 0 fully saturated rings. The Morgan fingerprint density at radius 2 is 1.81 bits per heavy atom. The number of esters is 1. The van der Waals surface area contributed by atoms with E-state index in [0.29, 0.717) is 28.1 Å². The molecule has 0 unspecified atom stereocenters. The summed E-state index contributed by atoms with van der Waals surface area (Å²) in [6.45, 7) is 3.31. The van der Waals surface area contributed by atoms with Crippen LogP contribution in [0.5, 0.6) is 23.0 Å². The number of nitrogens with zero attached hydrogens (tertiary/aromatic N) is 2. The third-order valence-electron chi connectivity index (χ3n) is 7.37. The molecule has 216 valence electrons. The maximum absolute atomic E-state index is 12.7. The molecular weight excluding hydrogens is 540 g/mol. The predicted molar refractivity (Wildman–Crippen MR) is 151 cm³/mol. The van der Waals surface area contributed by atoms with E-state index in [1.165, 1.54) is 20.1 Å². The van der Waals surface area contributed by atoms with Crippen LogP contribution in [0.2, 0.25) is 0 Å². The summed E-state index contributed by atoms with van der Waals surface area (Å²) in [5.41, 5.74) is 2.80. The van der Waals surface area contributed by atoms with Crippen LogP contribution in [0.3, 0.4) is 0 Å². The van der Waals surface area contributed by atoms with Crippen LogP contribution < -0.4 is 4.74 Å². The highest BCUT2D eigenvalue weighted by Gasteiger charge is 2.36. The third kappa shape index (κ3) is 5.48. The van der Waals surface area contributed by atoms with E-state index in [4.69, 9.17) is 14.2 Å². The summed E-state index contributed by atoms with van der Waals surface area (Å²) < 4.78 is 16.7. The quantitative estimate of drug-likeness (QED) is 0.185. The number of phenols is 2. The summed E-state index contributed by atoms with van der Waals surface area (Å²) in [4.78, 5) is 33.7. The monoisotopic (exact) mass is 570 g/mol. The third-order valence-corrected chi connectivity index (χ3v) is 7.37. The zero-order valence-electron chi connectivity index (χ0n) is 23.3. The molecule has 0 saturated carbocycles. The van der Waals surface area contributed by atoms with Gasteiger partial charge < -0.3 is 29.5 Å². The van der Waals surface area contributed by atoms with Gasteiger partial charge in [0.1, 0.15) is 35.7 Å². The highest BCUT2D eigenvalue weighted by atomic mass is 16.5. The number of fused-ring (bicyclic) bond motifs is 1. The van der Waals surface area contributed by atoms with E-state index in [1.807, 2.05) is 18.2 Å². The number of aromatic nitrogens is 2. The Kier molecular flexibility index (Phi) is 8.08. The molecule has 0 bridgehead atoms. The van der Waals surface area contributed by atoms with Crippen molar-refractivity contribution in [3.63, 3.8) is 0 Å². The maximum Gasteiger partial charge on any atom is 0.306 e. The molecule has 0 aliphatic carbocycles. The van der Waals surface area contributed by atoms with Crippen LogP contribution in [-0.2, 0) is 27.5 Å². The normalized spacial score (nSPS) is 14.7. The summed E-state index contributed by atoms with van der Waals surface area (Å²) in [6, 6.07) is 13.7. The van der Waals surface area contributed by atoms with Crippen LogP contribution >= 0.6 is 0 Å². The molecule has 2 atom stereocenters. The zero-order valence-corrected chi connectivity index (χ0v) is 23.3. The van der Waals surface area contributed by atoms with Gasteiger partial charge in [-0.1, -0.05) is 18.2 Å². The van der Waals surface area contributed by atoms with E-state index in [2.05, 4.69) is 9.97 Å². The highest BCUT2D eigenvalue weighted by Crippen LogP contribution is 2.50. The second kappa shape index (κ2) is 11.9. The smallest absolute Gasteiger partial charge is 0.306 e. The lowest BCUT2D eigenvalue weighted by molar-refractivity contribution is -0.140. The molecule has 2 aromatic heterocycles. The van der Waals surface area contributed by atoms with Crippen molar-refractivity contribution in [2.24, 2.45) is 0 Å². The molecule has 0 amide bonds. The minimum absolute atomic E-state index is 0.0347. The SMILES string of the molecule is COC(=O)C[C@H](c1ccc(OCc2ccccn2)cc1)c1c(O)c(C(C)=O)cc([C@H]2OCc3cnc(C)c(O)c32)c1O. The number of carbonyl (C=O) groups is 2. The first-order valence-corrected chi connectivity index (χ1v) is 13.3. The van der Waals surface area contributed by atoms with Crippen LogP contribution in [0, 0.1) is 6.92 Å². The topological polar surface area (TPSA) is 148 Å². The Balaban J connectivity index is 1.59. The Hall–Kier alpha value is -4.96. The number of aryl methyl sites for hydroxylation is 1. The first-order valence-electron chi connectivity index (χ1n) is 13.3. The minimum Gasteiger partial charge on any atom is -0.507 e. The number of carbonyl (C=O) groups excluding carboxylic acids is 2. The fraction of sp³-hybridized carbons (Fsp3) is 0.250. The van der Waals surface area contributed by atoms with E-state index in [9.17, 15) is 24.9 Å².